The zero-order valence-corrected chi connectivity index (χ0v) is 20.1. The predicted molar refractivity (Wildman–Crippen MR) is 127 cm³/mol. The molecule has 2 amide bonds. The number of nitrogens with one attached hydrogen (secondary N) is 1. The second-order valence-corrected chi connectivity index (χ2v) is 9.36. The number of hydrogen-bond acceptors (Lipinski definition) is 3. The lowest BCUT2D eigenvalue weighted by Crippen LogP contribution is -2.41. The van der Waals surface area contributed by atoms with E-state index in [9.17, 15) is 18.4 Å². The van der Waals surface area contributed by atoms with Crippen molar-refractivity contribution in [1.29, 1.82) is 0 Å². The molecule has 9 heteroatoms. The first kappa shape index (κ1) is 25.4. The lowest BCUT2D eigenvalue weighted by Gasteiger charge is -2.34. The van der Waals surface area contributed by atoms with Gasteiger partial charge in [0.25, 0.3) is 5.91 Å². The second-order valence-electron chi connectivity index (χ2n) is 8.55. The smallest absolute Gasteiger partial charge is 0.251 e. The van der Waals surface area contributed by atoms with Gasteiger partial charge in [-0.25, -0.2) is 8.78 Å². The molecule has 1 aliphatic heterocycles. The lowest BCUT2D eigenvalue weighted by molar-refractivity contribution is -0.120. The fourth-order valence-electron chi connectivity index (χ4n) is 3.95. The number of carbonyl (C=O) groups is 2. The first-order valence-corrected chi connectivity index (χ1v) is 11.6. The van der Waals surface area contributed by atoms with E-state index >= 15 is 0 Å². The van der Waals surface area contributed by atoms with Gasteiger partial charge in [-0.3, -0.25) is 9.59 Å². The van der Waals surface area contributed by atoms with Crippen molar-refractivity contribution < 1.29 is 18.4 Å². The minimum absolute atomic E-state index is 0.0468. The summed E-state index contributed by atoms with van der Waals surface area (Å²) >= 11 is 12.9. The van der Waals surface area contributed by atoms with Gasteiger partial charge in [-0.05, 0) is 69.6 Å². The van der Waals surface area contributed by atoms with Crippen LogP contribution in [0.15, 0.2) is 30.3 Å². The largest absolute Gasteiger partial charge is 0.352 e. The molecule has 0 aromatic heterocycles. The van der Waals surface area contributed by atoms with Gasteiger partial charge in [-0.1, -0.05) is 29.3 Å². The van der Waals surface area contributed by atoms with E-state index in [1.165, 1.54) is 29.2 Å². The number of hydrogen-bond donors (Lipinski definition) is 1. The Bertz CT molecular complexity index is 1010. The summed E-state index contributed by atoms with van der Waals surface area (Å²) in [4.78, 5) is 28.7. The van der Waals surface area contributed by atoms with Gasteiger partial charge in [0.15, 0.2) is 0 Å². The Morgan fingerprint density at radius 1 is 1.18 bits per heavy atom. The van der Waals surface area contributed by atoms with Crippen LogP contribution in [0.3, 0.4) is 0 Å². The standard InChI is InChI=1S/C24H27Cl2F2N3O2/c1-30(2)9-3-8-29-24(33)17-11-19(25)23(20(26)12-17)31-14-15(4-7-22(31)32)10-16-5-6-18(27)13-21(16)28/h5-6,11-13,15H,3-4,7-10,14H2,1-2H3,(H,29,33). The molecule has 0 bridgehead atoms. The molecule has 0 aliphatic carbocycles. The van der Waals surface area contributed by atoms with Gasteiger partial charge in [-0.2, -0.15) is 0 Å². The number of amides is 2. The van der Waals surface area contributed by atoms with Crippen molar-refractivity contribution in [3.05, 3.63) is 63.1 Å². The third kappa shape index (κ3) is 6.65. The van der Waals surface area contributed by atoms with Crippen molar-refractivity contribution in [2.24, 2.45) is 5.92 Å². The van der Waals surface area contributed by atoms with Crippen LogP contribution < -0.4 is 10.2 Å². The molecule has 0 saturated carbocycles. The molecule has 1 heterocycles. The van der Waals surface area contributed by atoms with Crippen LogP contribution in [0.1, 0.15) is 35.2 Å². The Kier molecular flexibility index (Phi) is 8.68. The first-order valence-electron chi connectivity index (χ1n) is 10.8. The summed E-state index contributed by atoms with van der Waals surface area (Å²) in [5, 5.41) is 3.23. The van der Waals surface area contributed by atoms with Crippen molar-refractivity contribution in [2.75, 3.05) is 38.6 Å². The molecule has 5 nitrogen and oxygen atoms in total. The Labute approximate surface area is 202 Å². The van der Waals surface area contributed by atoms with Crippen LogP contribution in [-0.2, 0) is 11.2 Å². The minimum atomic E-state index is -0.628. The monoisotopic (exact) mass is 497 g/mol. The number of piperidine rings is 1. The van der Waals surface area contributed by atoms with E-state index in [4.69, 9.17) is 23.2 Å². The maximum atomic E-state index is 14.1. The molecule has 1 saturated heterocycles. The molecular formula is C24H27Cl2F2N3O2. The second kappa shape index (κ2) is 11.3. The number of anilines is 1. The maximum Gasteiger partial charge on any atom is 0.251 e. The Morgan fingerprint density at radius 3 is 2.52 bits per heavy atom. The Hall–Kier alpha value is -2.22. The summed E-state index contributed by atoms with van der Waals surface area (Å²) in [6.45, 7) is 1.66. The van der Waals surface area contributed by atoms with Crippen LogP contribution in [0.4, 0.5) is 14.5 Å². The molecule has 0 radical (unpaired) electrons. The molecule has 1 atom stereocenters. The molecule has 2 aromatic rings. The summed E-state index contributed by atoms with van der Waals surface area (Å²) in [7, 11) is 3.92. The third-order valence-corrected chi connectivity index (χ3v) is 6.22. The Morgan fingerprint density at radius 2 is 1.88 bits per heavy atom. The van der Waals surface area contributed by atoms with Gasteiger partial charge in [0.05, 0.1) is 15.7 Å². The van der Waals surface area contributed by atoms with Crippen molar-refractivity contribution in [1.82, 2.24) is 10.2 Å². The molecule has 1 fully saturated rings. The van der Waals surface area contributed by atoms with Crippen LogP contribution >= 0.6 is 23.2 Å². The van der Waals surface area contributed by atoms with E-state index < -0.39 is 11.6 Å². The molecule has 1 unspecified atom stereocenters. The van der Waals surface area contributed by atoms with Crippen LogP contribution in [-0.4, -0.2) is 50.4 Å². The van der Waals surface area contributed by atoms with Crippen molar-refractivity contribution in [3.8, 4) is 0 Å². The zero-order chi connectivity index (χ0) is 24.1. The van der Waals surface area contributed by atoms with Gasteiger partial charge >= 0.3 is 0 Å². The van der Waals surface area contributed by atoms with E-state index in [2.05, 4.69) is 5.32 Å². The van der Waals surface area contributed by atoms with Crippen LogP contribution in [0.2, 0.25) is 10.0 Å². The lowest BCUT2D eigenvalue weighted by atomic mass is 9.90. The molecule has 2 aromatic carbocycles. The number of nitrogens with zero attached hydrogens (tertiary/aromatic N) is 2. The van der Waals surface area contributed by atoms with Crippen molar-refractivity contribution in [3.63, 3.8) is 0 Å². The minimum Gasteiger partial charge on any atom is -0.352 e. The number of halogens is 4. The van der Waals surface area contributed by atoms with Crippen LogP contribution in [0.25, 0.3) is 0 Å². The Balaban J connectivity index is 1.72. The molecule has 178 valence electrons. The fraction of sp³-hybridized carbons (Fsp3) is 0.417. The van der Waals surface area contributed by atoms with Crippen LogP contribution in [0, 0.1) is 17.6 Å². The van der Waals surface area contributed by atoms with E-state index in [1.54, 1.807) is 0 Å². The molecular weight excluding hydrogens is 471 g/mol. The van der Waals surface area contributed by atoms with E-state index in [1.807, 2.05) is 19.0 Å². The van der Waals surface area contributed by atoms with E-state index in [0.29, 0.717) is 42.7 Å². The molecule has 0 spiro atoms. The van der Waals surface area contributed by atoms with E-state index in [0.717, 1.165) is 19.0 Å². The average molecular weight is 498 g/mol. The highest BCUT2D eigenvalue weighted by Crippen LogP contribution is 2.38. The normalized spacial score (nSPS) is 16.4. The summed E-state index contributed by atoms with van der Waals surface area (Å²) < 4.78 is 27.3. The first-order chi connectivity index (χ1) is 15.7. The molecule has 33 heavy (non-hydrogen) atoms. The quantitative estimate of drug-likeness (QED) is 0.525. The highest BCUT2D eigenvalue weighted by molar-refractivity contribution is 6.40. The van der Waals surface area contributed by atoms with Crippen molar-refractivity contribution in [2.45, 2.75) is 25.7 Å². The summed E-state index contributed by atoms with van der Waals surface area (Å²) in [6.07, 6.45) is 2.00. The highest BCUT2D eigenvalue weighted by atomic mass is 35.5. The number of rotatable bonds is 8. The van der Waals surface area contributed by atoms with Gasteiger partial charge in [0.1, 0.15) is 11.6 Å². The average Bonchev–Trinajstić information content (AvgIpc) is 2.74. The summed E-state index contributed by atoms with van der Waals surface area (Å²) in [5.74, 6) is -1.71. The summed E-state index contributed by atoms with van der Waals surface area (Å²) in [6, 6.07) is 6.51. The SMILES string of the molecule is CN(C)CCCNC(=O)c1cc(Cl)c(N2CC(Cc3ccc(F)cc3F)CCC2=O)c(Cl)c1. The van der Waals surface area contributed by atoms with Gasteiger partial charge in [-0.15, -0.1) is 0 Å². The van der Waals surface area contributed by atoms with Gasteiger partial charge < -0.3 is 15.1 Å². The zero-order valence-electron chi connectivity index (χ0n) is 18.6. The van der Waals surface area contributed by atoms with Crippen molar-refractivity contribution >= 4 is 40.7 Å². The number of carbonyl (C=O) groups excluding carboxylic acids is 2. The van der Waals surface area contributed by atoms with E-state index in [-0.39, 0.29) is 34.2 Å². The molecule has 1 aliphatic rings. The molecule has 3 rings (SSSR count). The summed E-state index contributed by atoms with van der Waals surface area (Å²) in [5.41, 5.74) is 1.05. The highest BCUT2D eigenvalue weighted by Gasteiger charge is 2.30. The van der Waals surface area contributed by atoms with Gasteiger partial charge in [0.2, 0.25) is 5.91 Å². The van der Waals surface area contributed by atoms with Crippen LogP contribution in [0.5, 0.6) is 0 Å². The number of benzene rings is 2. The topological polar surface area (TPSA) is 52.7 Å². The van der Waals surface area contributed by atoms with Gasteiger partial charge in [0, 0.05) is 31.1 Å². The molecule has 1 N–H and O–H groups in total. The maximum absolute atomic E-state index is 14.1. The predicted octanol–water partition coefficient (Wildman–Crippen LogP) is 4.94. The third-order valence-electron chi connectivity index (χ3n) is 5.65. The fourth-order valence-corrected chi connectivity index (χ4v) is 4.64.